The fourth-order valence-electron chi connectivity index (χ4n) is 2.53. The van der Waals surface area contributed by atoms with E-state index in [9.17, 15) is 4.79 Å². The molecule has 2 heterocycles. The summed E-state index contributed by atoms with van der Waals surface area (Å²) in [7, 11) is 0. The predicted molar refractivity (Wildman–Crippen MR) is 76.0 cm³/mol. The Morgan fingerprint density at radius 2 is 2.26 bits per heavy atom. The number of pyridine rings is 1. The van der Waals surface area contributed by atoms with E-state index < -0.39 is 0 Å². The summed E-state index contributed by atoms with van der Waals surface area (Å²) >= 11 is 0. The number of carbonyl (C=O) groups is 1. The highest BCUT2D eigenvalue weighted by Crippen LogP contribution is 2.22. The molecule has 98 valence electrons. The zero-order valence-electron chi connectivity index (χ0n) is 10.7. The summed E-state index contributed by atoms with van der Waals surface area (Å²) in [5.41, 5.74) is 0.859. The minimum Gasteiger partial charge on any atom is -0.324 e. The van der Waals surface area contributed by atoms with Gasteiger partial charge in [0.25, 0.3) is 0 Å². The van der Waals surface area contributed by atoms with Gasteiger partial charge in [-0.3, -0.25) is 9.78 Å². The summed E-state index contributed by atoms with van der Waals surface area (Å²) in [4.78, 5) is 16.3. The first-order valence-corrected chi connectivity index (χ1v) is 6.71. The van der Waals surface area contributed by atoms with Crippen molar-refractivity contribution >= 4 is 22.4 Å². The maximum absolute atomic E-state index is 12.2. The van der Waals surface area contributed by atoms with Crippen LogP contribution >= 0.6 is 0 Å². The van der Waals surface area contributed by atoms with Crippen LogP contribution in [-0.2, 0) is 4.79 Å². The zero-order chi connectivity index (χ0) is 13.1. The van der Waals surface area contributed by atoms with E-state index in [1.54, 1.807) is 6.20 Å². The lowest BCUT2D eigenvalue weighted by Crippen LogP contribution is -2.43. The van der Waals surface area contributed by atoms with Crippen molar-refractivity contribution in [1.82, 2.24) is 10.3 Å². The number of amides is 1. The molecule has 1 amide bonds. The molecule has 0 saturated carbocycles. The molecule has 3 rings (SSSR count). The summed E-state index contributed by atoms with van der Waals surface area (Å²) < 4.78 is 0. The number of anilines is 1. The average molecular weight is 255 g/mol. The largest absolute Gasteiger partial charge is 0.324 e. The molecule has 2 aromatic rings. The van der Waals surface area contributed by atoms with E-state index >= 15 is 0 Å². The minimum absolute atomic E-state index is 0.0593. The topological polar surface area (TPSA) is 54.0 Å². The van der Waals surface area contributed by atoms with E-state index in [1.807, 2.05) is 30.5 Å². The summed E-state index contributed by atoms with van der Waals surface area (Å²) in [5, 5.41) is 8.36. The molecular formula is C15H17N3O. The second-order valence-electron chi connectivity index (χ2n) is 4.89. The van der Waals surface area contributed by atoms with Crippen molar-refractivity contribution in [2.75, 3.05) is 11.9 Å². The lowest BCUT2D eigenvalue weighted by Gasteiger charge is -2.22. The number of benzene rings is 1. The van der Waals surface area contributed by atoms with Gasteiger partial charge in [0.15, 0.2) is 0 Å². The minimum atomic E-state index is -0.0640. The Balaban J connectivity index is 1.82. The van der Waals surface area contributed by atoms with Crippen molar-refractivity contribution in [3.05, 3.63) is 36.7 Å². The van der Waals surface area contributed by atoms with Crippen LogP contribution in [-0.4, -0.2) is 23.5 Å². The summed E-state index contributed by atoms with van der Waals surface area (Å²) in [6, 6.07) is 7.73. The van der Waals surface area contributed by atoms with Crippen LogP contribution in [0.4, 0.5) is 5.69 Å². The second kappa shape index (κ2) is 5.36. The van der Waals surface area contributed by atoms with Gasteiger partial charge in [-0.05, 0) is 31.5 Å². The predicted octanol–water partition coefficient (Wildman–Crippen LogP) is 2.32. The van der Waals surface area contributed by atoms with Crippen molar-refractivity contribution in [1.29, 1.82) is 0 Å². The Morgan fingerprint density at radius 1 is 1.32 bits per heavy atom. The van der Waals surface area contributed by atoms with Gasteiger partial charge in [-0.15, -0.1) is 0 Å². The molecule has 0 bridgehead atoms. The van der Waals surface area contributed by atoms with Crippen molar-refractivity contribution in [2.24, 2.45) is 0 Å². The van der Waals surface area contributed by atoms with Crippen molar-refractivity contribution < 1.29 is 4.79 Å². The first kappa shape index (κ1) is 12.1. The highest BCUT2D eigenvalue weighted by atomic mass is 16.2. The molecule has 1 fully saturated rings. The normalized spacial score (nSPS) is 19.3. The van der Waals surface area contributed by atoms with Gasteiger partial charge in [-0.25, -0.2) is 0 Å². The highest BCUT2D eigenvalue weighted by Gasteiger charge is 2.20. The number of hydrogen-bond acceptors (Lipinski definition) is 3. The van der Waals surface area contributed by atoms with Crippen LogP contribution < -0.4 is 10.6 Å². The molecule has 1 unspecified atom stereocenters. The third kappa shape index (κ3) is 2.58. The highest BCUT2D eigenvalue weighted by molar-refractivity contribution is 6.03. The fraction of sp³-hybridized carbons (Fsp3) is 0.333. The van der Waals surface area contributed by atoms with E-state index in [2.05, 4.69) is 15.6 Å². The van der Waals surface area contributed by atoms with Crippen LogP contribution in [0.5, 0.6) is 0 Å². The monoisotopic (exact) mass is 255 g/mol. The van der Waals surface area contributed by atoms with E-state index in [0.717, 1.165) is 42.3 Å². The summed E-state index contributed by atoms with van der Waals surface area (Å²) in [6.07, 6.45) is 6.74. The molecule has 1 saturated heterocycles. The molecule has 19 heavy (non-hydrogen) atoms. The van der Waals surface area contributed by atoms with Crippen LogP contribution in [0.2, 0.25) is 0 Å². The molecule has 4 heteroatoms. The number of nitrogens with one attached hydrogen (secondary N) is 2. The Bertz CT molecular complexity index is 585. The Morgan fingerprint density at radius 3 is 3.11 bits per heavy atom. The van der Waals surface area contributed by atoms with Crippen LogP contribution in [0.1, 0.15) is 19.3 Å². The molecule has 4 nitrogen and oxygen atoms in total. The average Bonchev–Trinajstić information content (AvgIpc) is 2.48. The number of hydrogen-bond donors (Lipinski definition) is 2. The molecule has 1 atom stereocenters. The summed E-state index contributed by atoms with van der Waals surface area (Å²) in [6.45, 7) is 0.928. The van der Waals surface area contributed by atoms with Gasteiger partial charge in [0.1, 0.15) is 0 Å². The van der Waals surface area contributed by atoms with Gasteiger partial charge in [-0.2, -0.15) is 0 Å². The zero-order valence-corrected chi connectivity index (χ0v) is 10.7. The lowest BCUT2D eigenvalue weighted by atomic mass is 10.0. The molecular weight excluding hydrogens is 238 g/mol. The Labute approximate surface area is 112 Å². The maximum atomic E-state index is 12.2. The van der Waals surface area contributed by atoms with Gasteiger partial charge < -0.3 is 10.6 Å². The third-order valence-corrected chi connectivity index (χ3v) is 3.57. The van der Waals surface area contributed by atoms with Crippen LogP contribution in [0.3, 0.4) is 0 Å². The van der Waals surface area contributed by atoms with Gasteiger partial charge in [0.2, 0.25) is 5.91 Å². The fourth-order valence-corrected chi connectivity index (χ4v) is 2.53. The van der Waals surface area contributed by atoms with E-state index in [4.69, 9.17) is 0 Å². The number of nitrogens with zero attached hydrogens (tertiary/aromatic N) is 1. The number of carbonyl (C=O) groups excluding carboxylic acids is 1. The van der Waals surface area contributed by atoms with Gasteiger partial charge in [0, 0.05) is 28.9 Å². The second-order valence-corrected chi connectivity index (χ2v) is 4.89. The third-order valence-electron chi connectivity index (χ3n) is 3.57. The molecule has 0 aliphatic carbocycles. The number of aromatic nitrogens is 1. The molecule has 1 aliphatic heterocycles. The summed E-state index contributed by atoms with van der Waals surface area (Å²) in [5.74, 6) is 0.0593. The van der Waals surface area contributed by atoms with Crippen LogP contribution in [0.25, 0.3) is 10.8 Å². The number of rotatable bonds is 2. The molecule has 1 aliphatic rings. The SMILES string of the molecule is O=C(Nc1cccc2cnccc12)C1CCCCN1. The number of piperidine rings is 1. The van der Waals surface area contributed by atoms with Gasteiger partial charge >= 0.3 is 0 Å². The molecule has 0 spiro atoms. The van der Waals surface area contributed by atoms with Crippen molar-refractivity contribution in [3.8, 4) is 0 Å². The molecule has 1 aromatic heterocycles. The van der Waals surface area contributed by atoms with E-state index in [0.29, 0.717) is 0 Å². The quantitative estimate of drug-likeness (QED) is 0.866. The lowest BCUT2D eigenvalue weighted by molar-refractivity contribution is -0.118. The first-order chi connectivity index (χ1) is 9.34. The Hall–Kier alpha value is -1.94. The Kier molecular flexibility index (Phi) is 3.42. The molecule has 2 N–H and O–H groups in total. The van der Waals surface area contributed by atoms with E-state index in [1.165, 1.54) is 0 Å². The number of fused-ring (bicyclic) bond motifs is 1. The first-order valence-electron chi connectivity index (χ1n) is 6.71. The van der Waals surface area contributed by atoms with E-state index in [-0.39, 0.29) is 11.9 Å². The van der Waals surface area contributed by atoms with Gasteiger partial charge in [-0.1, -0.05) is 18.6 Å². The van der Waals surface area contributed by atoms with Gasteiger partial charge in [0.05, 0.1) is 6.04 Å². The standard InChI is InChI=1S/C15H17N3O/c19-15(14-5-1-2-8-17-14)18-13-6-3-4-11-10-16-9-7-12(11)13/h3-4,6-7,9-10,14,17H,1-2,5,8H2,(H,18,19). The smallest absolute Gasteiger partial charge is 0.241 e. The maximum Gasteiger partial charge on any atom is 0.241 e. The van der Waals surface area contributed by atoms with Crippen molar-refractivity contribution in [3.63, 3.8) is 0 Å². The van der Waals surface area contributed by atoms with Crippen LogP contribution in [0, 0.1) is 0 Å². The molecule has 0 radical (unpaired) electrons. The van der Waals surface area contributed by atoms with Crippen molar-refractivity contribution in [2.45, 2.75) is 25.3 Å². The van der Waals surface area contributed by atoms with Crippen LogP contribution in [0.15, 0.2) is 36.7 Å². The molecule has 1 aromatic carbocycles.